The Balaban J connectivity index is 1.56. The number of rotatable bonds is 4. The summed E-state index contributed by atoms with van der Waals surface area (Å²) in [5, 5.41) is 0.291. The van der Waals surface area contributed by atoms with Crippen molar-refractivity contribution < 1.29 is 19.1 Å². The molecule has 0 N–H and O–H groups in total. The molecule has 0 atom stereocenters. The predicted molar refractivity (Wildman–Crippen MR) is 109 cm³/mol. The lowest BCUT2D eigenvalue weighted by Crippen LogP contribution is -2.29. The number of fused-ring (bicyclic) bond motifs is 1. The normalized spacial score (nSPS) is 12.8. The number of aryl methyl sites for hydroxylation is 1. The van der Waals surface area contributed by atoms with Crippen molar-refractivity contribution in [3.05, 3.63) is 99.6 Å². The molecule has 1 aliphatic heterocycles. The van der Waals surface area contributed by atoms with Crippen molar-refractivity contribution in [1.82, 2.24) is 0 Å². The molecule has 1 heterocycles. The fourth-order valence-electron chi connectivity index (χ4n) is 3.14. The molecule has 0 saturated carbocycles. The number of esters is 1. The van der Waals surface area contributed by atoms with Crippen LogP contribution in [0.1, 0.15) is 42.2 Å². The molecule has 3 aromatic rings. The van der Waals surface area contributed by atoms with Crippen LogP contribution < -0.4 is 4.90 Å². The van der Waals surface area contributed by atoms with E-state index in [0.29, 0.717) is 10.7 Å². The number of hydrogen-bond donors (Lipinski definition) is 0. The summed E-state index contributed by atoms with van der Waals surface area (Å²) in [6, 6.07) is 18.6. The van der Waals surface area contributed by atoms with E-state index in [2.05, 4.69) is 0 Å². The van der Waals surface area contributed by atoms with Crippen LogP contribution in [0, 0.1) is 6.92 Å². The van der Waals surface area contributed by atoms with Gasteiger partial charge < -0.3 is 4.74 Å². The van der Waals surface area contributed by atoms with Crippen LogP contribution in [0.15, 0.2) is 66.7 Å². The lowest BCUT2D eigenvalue weighted by molar-refractivity contribution is 0.0472. The highest BCUT2D eigenvalue weighted by molar-refractivity contribution is 6.39. The third-order valence-electron chi connectivity index (χ3n) is 4.71. The number of para-hydroxylation sites is 1. The SMILES string of the molecule is Cc1ccc(COC(=O)c2ccc3c(c2)C(=O)N(c2ccccc2Cl)C3=O)cc1. The van der Waals surface area contributed by atoms with Crippen molar-refractivity contribution in [3.8, 4) is 0 Å². The van der Waals surface area contributed by atoms with E-state index in [-0.39, 0.29) is 23.3 Å². The maximum Gasteiger partial charge on any atom is 0.338 e. The van der Waals surface area contributed by atoms with Crippen molar-refractivity contribution in [3.63, 3.8) is 0 Å². The van der Waals surface area contributed by atoms with Gasteiger partial charge in [-0.2, -0.15) is 0 Å². The van der Waals surface area contributed by atoms with E-state index in [1.807, 2.05) is 31.2 Å². The molecule has 1 aliphatic rings. The number of amides is 2. The average Bonchev–Trinajstić information content (AvgIpc) is 2.98. The molecule has 5 nitrogen and oxygen atoms in total. The number of carbonyl (C=O) groups is 3. The van der Waals surface area contributed by atoms with E-state index in [9.17, 15) is 14.4 Å². The Morgan fingerprint density at radius 2 is 1.62 bits per heavy atom. The zero-order valence-electron chi connectivity index (χ0n) is 15.5. The Labute approximate surface area is 172 Å². The molecule has 0 aliphatic carbocycles. The van der Waals surface area contributed by atoms with Gasteiger partial charge in [0.1, 0.15) is 6.61 Å². The van der Waals surface area contributed by atoms with Gasteiger partial charge in [-0.3, -0.25) is 9.59 Å². The third kappa shape index (κ3) is 3.52. The Hall–Kier alpha value is -3.44. The van der Waals surface area contributed by atoms with Crippen molar-refractivity contribution in [2.24, 2.45) is 0 Å². The smallest absolute Gasteiger partial charge is 0.338 e. The second-order valence-electron chi connectivity index (χ2n) is 6.72. The zero-order valence-corrected chi connectivity index (χ0v) is 16.3. The van der Waals surface area contributed by atoms with Gasteiger partial charge in [-0.15, -0.1) is 0 Å². The van der Waals surface area contributed by atoms with Crippen LogP contribution in [-0.4, -0.2) is 17.8 Å². The number of halogens is 1. The Morgan fingerprint density at radius 1 is 0.931 bits per heavy atom. The van der Waals surface area contributed by atoms with Gasteiger partial charge in [0.25, 0.3) is 11.8 Å². The molecule has 3 aromatic carbocycles. The number of hydrogen-bond acceptors (Lipinski definition) is 4. The van der Waals surface area contributed by atoms with E-state index < -0.39 is 17.8 Å². The molecule has 0 radical (unpaired) electrons. The number of carbonyl (C=O) groups excluding carboxylic acids is 3. The quantitative estimate of drug-likeness (QED) is 0.461. The van der Waals surface area contributed by atoms with Gasteiger partial charge in [-0.1, -0.05) is 53.6 Å². The largest absolute Gasteiger partial charge is 0.457 e. The van der Waals surface area contributed by atoms with Crippen molar-refractivity contribution in [2.45, 2.75) is 13.5 Å². The fraction of sp³-hybridized carbons (Fsp3) is 0.0870. The third-order valence-corrected chi connectivity index (χ3v) is 5.03. The summed E-state index contributed by atoms with van der Waals surface area (Å²) in [5.74, 6) is -1.56. The Morgan fingerprint density at radius 3 is 2.34 bits per heavy atom. The highest BCUT2D eigenvalue weighted by atomic mass is 35.5. The standard InChI is InChI=1S/C23H16ClNO4/c1-14-6-8-15(9-7-14)13-29-23(28)16-10-11-17-18(12-16)22(27)25(21(17)26)20-5-3-2-4-19(20)24/h2-12H,13H2,1H3. The van der Waals surface area contributed by atoms with Crippen LogP contribution in [-0.2, 0) is 11.3 Å². The zero-order chi connectivity index (χ0) is 20.5. The first kappa shape index (κ1) is 18.9. The molecule has 0 spiro atoms. The van der Waals surface area contributed by atoms with Crippen LogP contribution in [0.2, 0.25) is 5.02 Å². The minimum atomic E-state index is -0.565. The van der Waals surface area contributed by atoms with Gasteiger partial charge in [0.15, 0.2) is 0 Å². The molecule has 0 saturated heterocycles. The molecule has 29 heavy (non-hydrogen) atoms. The summed E-state index contributed by atoms with van der Waals surface area (Å²) in [7, 11) is 0. The second kappa shape index (κ2) is 7.53. The highest BCUT2D eigenvalue weighted by Gasteiger charge is 2.38. The molecule has 6 heteroatoms. The molecule has 4 rings (SSSR count). The van der Waals surface area contributed by atoms with E-state index in [0.717, 1.165) is 16.0 Å². The second-order valence-corrected chi connectivity index (χ2v) is 7.13. The lowest BCUT2D eigenvalue weighted by Gasteiger charge is -2.15. The molecular formula is C23H16ClNO4. The van der Waals surface area contributed by atoms with Crippen LogP contribution in [0.25, 0.3) is 0 Å². The van der Waals surface area contributed by atoms with Crippen LogP contribution in [0.3, 0.4) is 0 Å². The predicted octanol–water partition coefficient (Wildman–Crippen LogP) is 4.81. The molecule has 2 amide bonds. The van der Waals surface area contributed by atoms with Crippen LogP contribution >= 0.6 is 11.6 Å². The maximum atomic E-state index is 12.8. The van der Waals surface area contributed by atoms with Gasteiger partial charge in [0.05, 0.1) is 27.4 Å². The van der Waals surface area contributed by atoms with Crippen LogP contribution in [0.4, 0.5) is 5.69 Å². The topological polar surface area (TPSA) is 63.7 Å². The molecule has 0 aromatic heterocycles. The Kier molecular flexibility index (Phi) is 4.91. The van der Waals surface area contributed by atoms with E-state index in [1.54, 1.807) is 24.3 Å². The van der Waals surface area contributed by atoms with Crippen molar-refractivity contribution in [2.75, 3.05) is 4.90 Å². The van der Waals surface area contributed by atoms with Gasteiger partial charge in [-0.25, -0.2) is 9.69 Å². The number of benzene rings is 3. The average molecular weight is 406 g/mol. The Bertz CT molecular complexity index is 1140. The van der Waals surface area contributed by atoms with Gasteiger partial charge >= 0.3 is 5.97 Å². The summed E-state index contributed by atoms with van der Waals surface area (Å²) in [4.78, 5) is 39.0. The molecule has 144 valence electrons. The van der Waals surface area contributed by atoms with E-state index >= 15 is 0 Å². The highest BCUT2D eigenvalue weighted by Crippen LogP contribution is 2.33. The van der Waals surface area contributed by atoms with E-state index in [4.69, 9.17) is 16.3 Å². The first-order valence-corrected chi connectivity index (χ1v) is 9.33. The molecule has 0 bridgehead atoms. The number of ether oxygens (including phenoxy) is 1. The minimum absolute atomic E-state index is 0.120. The minimum Gasteiger partial charge on any atom is -0.457 e. The number of nitrogens with zero attached hydrogens (tertiary/aromatic N) is 1. The monoisotopic (exact) mass is 405 g/mol. The first-order valence-electron chi connectivity index (χ1n) is 8.96. The molecule has 0 fully saturated rings. The summed E-state index contributed by atoms with van der Waals surface area (Å²) in [6.45, 7) is 2.10. The van der Waals surface area contributed by atoms with Crippen LogP contribution in [0.5, 0.6) is 0 Å². The van der Waals surface area contributed by atoms with Gasteiger partial charge in [0.2, 0.25) is 0 Å². The summed E-state index contributed by atoms with van der Waals surface area (Å²) in [6.07, 6.45) is 0. The number of imide groups is 1. The van der Waals surface area contributed by atoms with Gasteiger partial charge in [0, 0.05) is 0 Å². The van der Waals surface area contributed by atoms with Gasteiger partial charge in [-0.05, 0) is 42.8 Å². The fourth-order valence-corrected chi connectivity index (χ4v) is 3.36. The molecular weight excluding hydrogens is 390 g/mol. The molecule has 0 unspecified atom stereocenters. The maximum absolute atomic E-state index is 12.8. The number of anilines is 1. The van der Waals surface area contributed by atoms with Crippen molar-refractivity contribution >= 4 is 35.1 Å². The summed E-state index contributed by atoms with van der Waals surface area (Å²) in [5.41, 5.74) is 2.87. The summed E-state index contributed by atoms with van der Waals surface area (Å²) >= 11 is 6.15. The lowest BCUT2D eigenvalue weighted by atomic mass is 10.1. The first-order chi connectivity index (χ1) is 14.0. The summed E-state index contributed by atoms with van der Waals surface area (Å²) < 4.78 is 5.34. The van der Waals surface area contributed by atoms with Crippen molar-refractivity contribution in [1.29, 1.82) is 0 Å². The van der Waals surface area contributed by atoms with E-state index in [1.165, 1.54) is 18.2 Å².